The summed E-state index contributed by atoms with van der Waals surface area (Å²) in [5.41, 5.74) is 1.97. The van der Waals surface area contributed by atoms with E-state index >= 15 is 0 Å². The van der Waals surface area contributed by atoms with Gasteiger partial charge in [0.1, 0.15) is 0 Å². The van der Waals surface area contributed by atoms with Gasteiger partial charge in [-0.25, -0.2) is 4.98 Å². The molecule has 5 nitrogen and oxygen atoms in total. The monoisotopic (exact) mass is 277 g/mol. The molecular formula is C13H19N5S. The van der Waals surface area contributed by atoms with Crippen molar-refractivity contribution in [1.82, 2.24) is 24.3 Å². The van der Waals surface area contributed by atoms with Gasteiger partial charge in [0.25, 0.3) is 0 Å². The van der Waals surface area contributed by atoms with Crippen molar-refractivity contribution in [3.8, 4) is 0 Å². The molecule has 102 valence electrons. The first-order valence-corrected chi connectivity index (χ1v) is 6.98. The molecule has 0 aromatic carbocycles. The lowest BCUT2D eigenvalue weighted by molar-refractivity contribution is 0.103. The number of aromatic amines is 1. The third kappa shape index (κ3) is 2.43. The summed E-state index contributed by atoms with van der Waals surface area (Å²) in [5, 5.41) is 0. The second-order valence-corrected chi connectivity index (χ2v) is 5.70. The molecule has 2 aromatic rings. The van der Waals surface area contributed by atoms with Crippen LogP contribution in [0.5, 0.6) is 0 Å². The smallest absolute Gasteiger partial charge is 0.179 e. The Balaban J connectivity index is 1.92. The number of rotatable bonds is 2. The summed E-state index contributed by atoms with van der Waals surface area (Å²) in [6.07, 6.45) is 1.82. The molecule has 0 radical (unpaired) electrons. The maximum Gasteiger partial charge on any atom is 0.179 e. The molecule has 0 spiro atoms. The van der Waals surface area contributed by atoms with Crippen LogP contribution in [0.4, 0.5) is 0 Å². The van der Waals surface area contributed by atoms with E-state index in [-0.39, 0.29) is 0 Å². The number of fused-ring (bicyclic) bond motifs is 1. The lowest BCUT2D eigenvalue weighted by atomic mass is 10.2. The fourth-order valence-electron chi connectivity index (χ4n) is 2.67. The number of piperazine rings is 1. The quantitative estimate of drug-likeness (QED) is 0.841. The number of pyridine rings is 1. The zero-order valence-corrected chi connectivity index (χ0v) is 12.2. The molecule has 1 atom stereocenters. The average molecular weight is 277 g/mol. The Morgan fingerprint density at radius 1 is 1.42 bits per heavy atom. The normalized spacial score (nSPS) is 22.1. The topological polar surface area (TPSA) is 40.1 Å². The molecule has 2 aromatic heterocycles. The van der Waals surface area contributed by atoms with Gasteiger partial charge < -0.3 is 9.88 Å². The van der Waals surface area contributed by atoms with E-state index in [0.717, 1.165) is 42.1 Å². The number of nitrogens with one attached hydrogen (secondary N) is 1. The summed E-state index contributed by atoms with van der Waals surface area (Å²) in [6.45, 7) is 4.18. The Bertz CT molecular complexity index is 631. The van der Waals surface area contributed by atoms with Crippen LogP contribution in [-0.4, -0.2) is 64.1 Å². The third-order valence-electron chi connectivity index (χ3n) is 3.90. The maximum absolute atomic E-state index is 5.42. The summed E-state index contributed by atoms with van der Waals surface area (Å²) >= 11 is 5.42. The SMILES string of the molecule is CN1CCN(C)C(Cn2c(=S)[nH]c3cccnc32)C1. The van der Waals surface area contributed by atoms with E-state index in [1.807, 2.05) is 18.3 Å². The Labute approximate surface area is 117 Å². The van der Waals surface area contributed by atoms with Gasteiger partial charge in [-0.3, -0.25) is 9.47 Å². The summed E-state index contributed by atoms with van der Waals surface area (Å²) < 4.78 is 2.88. The van der Waals surface area contributed by atoms with Crippen LogP contribution in [0.3, 0.4) is 0 Å². The van der Waals surface area contributed by atoms with Gasteiger partial charge in [-0.1, -0.05) is 0 Å². The standard InChI is InChI=1S/C13H19N5S/c1-16-6-7-17(2)10(8-16)9-18-12-11(15-13(18)19)4-3-5-14-12/h3-5,10H,6-9H2,1-2H3,(H,15,19). The van der Waals surface area contributed by atoms with Crippen molar-refractivity contribution in [2.45, 2.75) is 12.6 Å². The molecule has 1 aliphatic heterocycles. The Kier molecular flexibility index (Phi) is 3.38. The molecule has 1 unspecified atom stereocenters. The van der Waals surface area contributed by atoms with Crippen LogP contribution in [0.15, 0.2) is 18.3 Å². The van der Waals surface area contributed by atoms with Gasteiger partial charge in [0.2, 0.25) is 0 Å². The van der Waals surface area contributed by atoms with Crippen LogP contribution in [0.1, 0.15) is 0 Å². The average Bonchev–Trinajstić information content (AvgIpc) is 2.71. The number of nitrogens with zero attached hydrogens (tertiary/aromatic N) is 4. The first-order chi connectivity index (χ1) is 9.15. The van der Waals surface area contributed by atoms with Crippen molar-refractivity contribution in [3.05, 3.63) is 23.1 Å². The fraction of sp³-hybridized carbons (Fsp3) is 0.538. The van der Waals surface area contributed by atoms with Crippen molar-refractivity contribution >= 4 is 23.4 Å². The molecule has 6 heteroatoms. The van der Waals surface area contributed by atoms with Crippen LogP contribution in [0.2, 0.25) is 0 Å². The number of imidazole rings is 1. The minimum atomic E-state index is 0.478. The Morgan fingerprint density at radius 3 is 3.11 bits per heavy atom. The summed E-state index contributed by atoms with van der Waals surface area (Å²) in [5.74, 6) is 0. The van der Waals surface area contributed by atoms with Gasteiger partial charge in [-0.2, -0.15) is 0 Å². The van der Waals surface area contributed by atoms with Gasteiger partial charge in [0.05, 0.1) is 5.52 Å². The molecule has 1 saturated heterocycles. The number of aromatic nitrogens is 3. The van der Waals surface area contributed by atoms with Gasteiger partial charge >= 0.3 is 0 Å². The molecule has 0 aliphatic carbocycles. The molecule has 1 N–H and O–H groups in total. The van der Waals surface area contributed by atoms with Crippen LogP contribution in [-0.2, 0) is 6.54 Å². The fourth-order valence-corrected chi connectivity index (χ4v) is 2.94. The lowest BCUT2D eigenvalue weighted by Gasteiger charge is -2.37. The van der Waals surface area contributed by atoms with E-state index in [9.17, 15) is 0 Å². The number of H-pyrrole nitrogens is 1. The van der Waals surface area contributed by atoms with Crippen LogP contribution in [0.25, 0.3) is 11.2 Å². The molecule has 19 heavy (non-hydrogen) atoms. The van der Waals surface area contributed by atoms with E-state index in [4.69, 9.17) is 12.2 Å². The predicted octanol–water partition coefficient (Wildman–Crippen LogP) is 1.34. The van der Waals surface area contributed by atoms with E-state index in [2.05, 4.69) is 38.4 Å². The molecule has 0 amide bonds. The number of hydrogen-bond donors (Lipinski definition) is 1. The van der Waals surface area contributed by atoms with Crippen LogP contribution in [0, 0.1) is 4.77 Å². The molecule has 0 bridgehead atoms. The summed E-state index contributed by atoms with van der Waals surface area (Å²) in [6, 6.07) is 4.43. The highest BCUT2D eigenvalue weighted by Gasteiger charge is 2.23. The summed E-state index contributed by atoms with van der Waals surface area (Å²) in [7, 11) is 4.36. The van der Waals surface area contributed by atoms with Crippen molar-refractivity contribution in [2.75, 3.05) is 33.7 Å². The first kappa shape index (κ1) is 12.8. The molecule has 3 heterocycles. The van der Waals surface area contributed by atoms with E-state index in [0.29, 0.717) is 6.04 Å². The minimum absolute atomic E-state index is 0.478. The lowest BCUT2D eigenvalue weighted by Crippen LogP contribution is -2.51. The van der Waals surface area contributed by atoms with Crippen molar-refractivity contribution in [3.63, 3.8) is 0 Å². The van der Waals surface area contributed by atoms with Gasteiger partial charge in [0, 0.05) is 38.4 Å². The molecular weight excluding hydrogens is 258 g/mol. The van der Waals surface area contributed by atoms with Crippen LogP contribution < -0.4 is 0 Å². The van der Waals surface area contributed by atoms with Crippen LogP contribution >= 0.6 is 12.2 Å². The van der Waals surface area contributed by atoms with E-state index in [1.54, 1.807) is 0 Å². The molecule has 3 rings (SSSR count). The zero-order valence-electron chi connectivity index (χ0n) is 11.3. The highest BCUT2D eigenvalue weighted by Crippen LogP contribution is 2.14. The maximum atomic E-state index is 5.42. The van der Waals surface area contributed by atoms with Gasteiger partial charge in [-0.05, 0) is 38.4 Å². The number of hydrogen-bond acceptors (Lipinski definition) is 4. The summed E-state index contributed by atoms with van der Waals surface area (Å²) in [4.78, 5) is 12.4. The molecule has 1 fully saturated rings. The Morgan fingerprint density at radius 2 is 2.26 bits per heavy atom. The zero-order chi connectivity index (χ0) is 13.4. The van der Waals surface area contributed by atoms with E-state index < -0.39 is 0 Å². The molecule has 0 saturated carbocycles. The second kappa shape index (κ2) is 5.03. The highest BCUT2D eigenvalue weighted by molar-refractivity contribution is 7.71. The Hall–Kier alpha value is -1.24. The molecule has 1 aliphatic rings. The van der Waals surface area contributed by atoms with Gasteiger partial charge in [-0.15, -0.1) is 0 Å². The van der Waals surface area contributed by atoms with E-state index in [1.165, 1.54) is 0 Å². The highest BCUT2D eigenvalue weighted by atomic mass is 32.1. The van der Waals surface area contributed by atoms with Crippen molar-refractivity contribution in [1.29, 1.82) is 0 Å². The van der Waals surface area contributed by atoms with Crippen molar-refractivity contribution in [2.24, 2.45) is 0 Å². The second-order valence-electron chi connectivity index (χ2n) is 5.31. The van der Waals surface area contributed by atoms with Gasteiger partial charge in [0.15, 0.2) is 10.4 Å². The predicted molar refractivity (Wildman–Crippen MR) is 78.8 cm³/mol. The largest absolute Gasteiger partial charge is 0.329 e. The number of likely N-dealkylation sites (N-methyl/N-ethyl adjacent to an activating group) is 2. The minimum Gasteiger partial charge on any atom is -0.329 e. The third-order valence-corrected chi connectivity index (χ3v) is 4.23. The van der Waals surface area contributed by atoms with Crippen molar-refractivity contribution < 1.29 is 0 Å². The first-order valence-electron chi connectivity index (χ1n) is 6.57.